The summed E-state index contributed by atoms with van der Waals surface area (Å²) in [6, 6.07) is 17.2. The Bertz CT molecular complexity index is 489. The maximum Gasteiger partial charge on any atom is 3.00 e. The minimum atomic E-state index is 0. The third-order valence-electron chi connectivity index (χ3n) is 2.85. The van der Waals surface area contributed by atoms with Gasteiger partial charge in [0.15, 0.2) is 0 Å². The molecule has 3 heteroatoms. The van der Waals surface area contributed by atoms with Gasteiger partial charge in [0.25, 0.3) is 0 Å². The van der Waals surface area contributed by atoms with Gasteiger partial charge in [0.1, 0.15) is 0 Å². The van der Waals surface area contributed by atoms with E-state index in [-0.39, 0.29) is 51.0 Å². The van der Waals surface area contributed by atoms with E-state index in [2.05, 4.69) is 73.8 Å². The third kappa shape index (κ3) is 4.53. The number of hydrogen-bond donors (Lipinski definition) is 0. The molecule has 19 heavy (non-hydrogen) atoms. The Morgan fingerprint density at radius 3 is 2.11 bits per heavy atom. The molecule has 1 radical (unpaired) electrons. The molecule has 0 saturated carbocycles. The predicted octanol–water partition coefficient (Wildman–Crippen LogP) is -1.63. The second-order valence-corrected chi connectivity index (χ2v) is 3.68. The fraction of sp³-hybridized carbons (Fsp3) is 0.0625. The Hall–Kier alpha value is -0.487. The summed E-state index contributed by atoms with van der Waals surface area (Å²) in [6.45, 7) is 6.00. The van der Waals surface area contributed by atoms with Gasteiger partial charge in [-0.2, -0.15) is 12.1 Å². The molecule has 0 aliphatic heterocycles. The Labute approximate surface area is 146 Å². The first-order chi connectivity index (χ1) is 7.95. The number of benzene rings is 1. The van der Waals surface area contributed by atoms with Crippen molar-refractivity contribution < 1.29 is 51.0 Å². The molecular weight excluding hydrogens is 354 g/mol. The van der Waals surface area contributed by atoms with Gasteiger partial charge in [0, 0.05) is 0 Å². The van der Waals surface area contributed by atoms with E-state index >= 15 is 0 Å². The Balaban J connectivity index is 0. The average molecular weight is 369 g/mol. The number of halogens is 2. The van der Waals surface area contributed by atoms with E-state index in [0.29, 0.717) is 5.92 Å². The molecule has 0 heterocycles. The Kier molecular flexibility index (Phi) is 11.3. The Morgan fingerprint density at radius 2 is 1.47 bits per heavy atom. The van der Waals surface area contributed by atoms with E-state index in [1.54, 1.807) is 0 Å². The van der Waals surface area contributed by atoms with Gasteiger partial charge in [-0.05, 0) is 17.0 Å². The van der Waals surface area contributed by atoms with E-state index in [1.165, 1.54) is 16.7 Å². The zero-order chi connectivity index (χ0) is 11.4. The van der Waals surface area contributed by atoms with Gasteiger partial charge in [-0.1, -0.05) is 36.4 Å². The first-order valence-electron chi connectivity index (χ1n) is 5.44. The molecule has 0 saturated heterocycles. The van der Waals surface area contributed by atoms with Gasteiger partial charge in [0.2, 0.25) is 0 Å². The summed E-state index contributed by atoms with van der Waals surface area (Å²) in [5.41, 5.74) is 4.18. The zero-order valence-corrected chi connectivity index (χ0v) is 14.5. The fourth-order valence-corrected chi connectivity index (χ4v) is 2.14. The van der Waals surface area contributed by atoms with Crippen LogP contribution in [0.1, 0.15) is 22.6 Å². The molecule has 97 valence electrons. The molecule has 0 aromatic heterocycles. The van der Waals surface area contributed by atoms with E-state index in [9.17, 15) is 0 Å². The van der Waals surface area contributed by atoms with Crippen molar-refractivity contribution in [2.75, 3.05) is 0 Å². The summed E-state index contributed by atoms with van der Waals surface area (Å²) < 4.78 is 0. The van der Waals surface area contributed by atoms with Crippen molar-refractivity contribution >= 4 is 6.08 Å². The van der Waals surface area contributed by atoms with Crippen molar-refractivity contribution in [3.8, 4) is 0 Å². The quantitative estimate of drug-likeness (QED) is 0.419. The summed E-state index contributed by atoms with van der Waals surface area (Å²) in [7, 11) is 0. The molecular formula is C16H15Cl2Zr. The van der Waals surface area contributed by atoms with Gasteiger partial charge in [-0.25, -0.2) is 12.1 Å². The maximum absolute atomic E-state index is 3.00. The molecule has 1 atom stereocenters. The van der Waals surface area contributed by atoms with Crippen LogP contribution in [-0.2, 0) is 26.2 Å². The molecule has 0 N–H and O–H groups in total. The smallest absolute Gasteiger partial charge is 1.00 e. The van der Waals surface area contributed by atoms with Crippen molar-refractivity contribution in [1.29, 1.82) is 0 Å². The van der Waals surface area contributed by atoms with Crippen molar-refractivity contribution in [3.05, 3.63) is 84.5 Å². The summed E-state index contributed by atoms with van der Waals surface area (Å²) in [5.74, 6) is 0.473. The van der Waals surface area contributed by atoms with Gasteiger partial charge in [-0.15, -0.1) is 18.7 Å². The van der Waals surface area contributed by atoms with Crippen molar-refractivity contribution in [1.82, 2.24) is 0 Å². The number of fused-ring (bicyclic) bond motifs is 1. The fourth-order valence-electron chi connectivity index (χ4n) is 2.14. The number of allylic oxidation sites excluding steroid dienone is 1. The summed E-state index contributed by atoms with van der Waals surface area (Å²) >= 11 is 0. The van der Waals surface area contributed by atoms with Crippen LogP contribution < -0.4 is 24.8 Å². The van der Waals surface area contributed by atoms with Crippen LogP contribution >= 0.6 is 0 Å². The Morgan fingerprint density at radius 1 is 0.895 bits per heavy atom. The number of hydrogen-bond acceptors (Lipinski definition) is 0. The summed E-state index contributed by atoms with van der Waals surface area (Å²) in [4.78, 5) is 0. The van der Waals surface area contributed by atoms with Crippen LogP contribution in [0.15, 0.2) is 67.8 Å². The van der Waals surface area contributed by atoms with Crippen LogP contribution in [0.3, 0.4) is 0 Å². The summed E-state index contributed by atoms with van der Waals surface area (Å²) in [5, 5.41) is 0. The third-order valence-corrected chi connectivity index (χ3v) is 2.85. The van der Waals surface area contributed by atoms with Crippen LogP contribution in [0.4, 0.5) is 0 Å². The van der Waals surface area contributed by atoms with Gasteiger partial charge >= 0.3 is 26.2 Å². The number of rotatable bonds is 1. The van der Waals surface area contributed by atoms with Crippen LogP contribution in [0.5, 0.6) is 0 Å². The first-order valence-corrected chi connectivity index (χ1v) is 5.44. The van der Waals surface area contributed by atoms with E-state index < -0.39 is 0 Å². The van der Waals surface area contributed by atoms with E-state index in [0.717, 1.165) is 0 Å². The monoisotopic (exact) mass is 367 g/mol. The molecule has 0 fully saturated rings. The van der Waals surface area contributed by atoms with Gasteiger partial charge in [0.05, 0.1) is 0 Å². The molecule has 1 unspecified atom stereocenters. The topological polar surface area (TPSA) is 0 Å². The molecule has 0 nitrogen and oxygen atoms in total. The molecule has 1 aliphatic rings. The van der Waals surface area contributed by atoms with Crippen LogP contribution in [-0.4, -0.2) is 0 Å². The SMILES string of the molecule is C1=CC([c-]2cccc2)c2ccccc21.C=C.[Cl-].[Cl-].[Zr+3]. The average Bonchev–Trinajstić information content (AvgIpc) is 3.00. The molecule has 2 aromatic rings. The predicted molar refractivity (Wildman–Crippen MR) is 70.6 cm³/mol. The normalized spacial score (nSPS) is 13.8. The van der Waals surface area contributed by atoms with Crippen molar-refractivity contribution in [2.24, 2.45) is 0 Å². The molecule has 0 amide bonds. The molecule has 2 aromatic carbocycles. The summed E-state index contributed by atoms with van der Waals surface area (Å²) in [6.07, 6.45) is 4.49. The van der Waals surface area contributed by atoms with E-state index in [4.69, 9.17) is 0 Å². The van der Waals surface area contributed by atoms with Crippen molar-refractivity contribution in [3.63, 3.8) is 0 Å². The van der Waals surface area contributed by atoms with Crippen molar-refractivity contribution in [2.45, 2.75) is 5.92 Å². The zero-order valence-electron chi connectivity index (χ0n) is 10.5. The molecule has 0 spiro atoms. The minimum absolute atomic E-state index is 0. The van der Waals surface area contributed by atoms with Gasteiger partial charge < -0.3 is 24.8 Å². The maximum atomic E-state index is 3.00. The molecule has 1 aliphatic carbocycles. The molecule has 0 bridgehead atoms. The molecule has 3 rings (SSSR count). The second-order valence-electron chi connectivity index (χ2n) is 3.68. The van der Waals surface area contributed by atoms with Crippen LogP contribution in [0.25, 0.3) is 6.08 Å². The van der Waals surface area contributed by atoms with Crippen LogP contribution in [0, 0.1) is 0 Å². The second kappa shape index (κ2) is 10.3. The van der Waals surface area contributed by atoms with E-state index in [1.807, 2.05) is 0 Å². The standard InChI is InChI=1S/C14H11.C2H4.2ClH.Zr/c1-2-6-11(5-1)14-10-9-12-7-3-4-8-13(12)14;1-2;;;/h1-10,14H;1-2H2;2*1H;/q-1;;;;+3/p-2. The first kappa shape index (κ1) is 20.8. The van der Waals surface area contributed by atoms with Crippen LogP contribution in [0.2, 0.25) is 0 Å². The largest absolute Gasteiger partial charge is 3.00 e. The minimum Gasteiger partial charge on any atom is -1.00 e. The van der Waals surface area contributed by atoms with Gasteiger partial charge in [-0.3, -0.25) is 0 Å².